The highest BCUT2D eigenvalue weighted by atomic mass is 79.9. The molecule has 1 atom stereocenters. The number of benzene rings is 3. The molecule has 0 fully saturated rings. The number of likely N-dealkylation sites (N-methyl/N-ethyl adjacent to an activating group) is 1. The van der Waals surface area contributed by atoms with Gasteiger partial charge in [0.1, 0.15) is 12.6 Å². The third-order valence-corrected chi connectivity index (χ3v) is 8.39. The molecule has 0 aliphatic heterocycles. The van der Waals surface area contributed by atoms with Gasteiger partial charge in [0.05, 0.1) is 10.6 Å². The minimum Gasteiger partial charge on any atom is -0.357 e. The molecule has 0 saturated carbocycles. The van der Waals surface area contributed by atoms with E-state index in [1.165, 1.54) is 24.1 Å². The number of hydrogen-bond acceptors (Lipinski definition) is 4. The van der Waals surface area contributed by atoms with Crippen molar-refractivity contribution in [2.75, 3.05) is 17.9 Å². The van der Waals surface area contributed by atoms with Crippen molar-refractivity contribution in [2.45, 2.75) is 44.7 Å². The number of carbonyl (C=O) groups excluding carboxylic acids is 2. The molecule has 2 amide bonds. The molecular formula is C28H32BrN3O4S. The fourth-order valence-corrected chi connectivity index (χ4v) is 5.75. The van der Waals surface area contributed by atoms with E-state index in [1.54, 1.807) is 36.4 Å². The Hall–Kier alpha value is -3.17. The van der Waals surface area contributed by atoms with Gasteiger partial charge in [-0.05, 0) is 62.2 Å². The van der Waals surface area contributed by atoms with Gasteiger partial charge >= 0.3 is 0 Å². The fourth-order valence-electron chi connectivity index (χ4n) is 4.07. The predicted octanol–water partition coefficient (Wildman–Crippen LogP) is 4.81. The van der Waals surface area contributed by atoms with Gasteiger partial charge in [0.25, 0.3) is 10.0 Å². The lowest BCUT2D eigenvalue weighted by molar-refractivity contribution is -0.140. The van der Waals surface area contributed by atoms with Crippen LogP contribution in [0, 0.1) is 13.8 Å². The van der Waals surface area contributed by atoms with Gasteiger partial charge < -0.3 is 10.2 Å². The van der Waals surface area contributed by atoms with E-state index in [9.17, 15) is 18.0 Å². The average Bonchev–Trinajstić information content (AvgIpc) is 2.87. The molecule has 37 heavy (non-hydrogen) atoms. The van der Waals surface area contributed by atoms with Gasteiger partial charge in [-0.25, -0.2) is 8.42 Å². The summed E-state index contributed by atoms with van der Waals surface area (Å²) >= 11 is 3.38. The largest absolute Gasteiger partial charge is 0.357 e. The highest BCUT2D eigenvalue weighted by Gasteiger charge is 2.33. The molecule has 1 N–H and O–H groups in total. The summed E-state index contributed by atoms with van der Waals surface area (Å²) in [6, 6.07) is 20.2. The summed E-state index contributed by atoms with van der Waals surface area (Å²) < 4.78 is 29.5. The van der Waals surface area contributed by atoms with Gasteiger partial charge in [0, 0.05) is 18.1 Å². The van der Waals surface area contributed by atoms with Crippen LogP contribution >= 0.6 is 15.9 Å². The Morgan fingerprint density at radius 3 is 2.16 bits per heavy atom. The second-order valence-corrected chi connectivity index (χ2v) is 11.6. The summed E-state index contributed by atoms with van der Waals surface area (Å²) in [6.07, 6.45) is 0.375. The normalized spacial score (nSPS) is 12.0. The zero-order valence-electron chi connectivity index (χ0n) is 21.4. The van der Waals surface area contributed by atoms with E-state index >= 15 is 0 Å². The Labute approximate surface area is 227 Å². The summed E-state index contributed by atoms with van der Waals surface area (Å²) in [4.78, 5) is 28.2. The maximum absolute atomic E-state index is 13.9. The minimum absolute atomic E-state index is 0.0809. The van der Waals surface area contributed by atoms with Crippen LogP contribution < -0.4 is 9.62 Å². The Bertz CT molecular complexity index is 1340. The molecule has 0 aromatic heterocycles. The summed E-state index contributed by atoms with van der Waals surface area (Å²) in [7, 11) is -2.56. The first-order valence-electron chi connectivity index (χ1n) is 12.0. The third kappa shape index (κ3) is 6.99. The Morgan fingerprint density at radius 1 is 0.946 bits per heavy atom. The molecule has 0 aliphatic rings. The van der Waals surface area contributed by atoms with Gasteiger partial charge in [-0.2, -0.15) is 0 Å². The first-order valence-corrected chi connectivity index (χ1v) is 14.2. The average molecular weight is 587 g/mol. The number of nitrogens with one attached hydrogen (secondary N) is 1. The van der Waals surface area contributed by atoms with Crippen LogP contribution in [-0.4, -0.2) is 44.8 Å². The van der Waals surface area contributed by atoms with Crippen LogP contribution in [0.3, 0.4) is 0 Å². The zero-order chi connectivity index (χ0) is 27.2. The first kappa shape index (κ1) is 28.4. The quantitative estimate of drug-likeness (QED) is 0.370. The summed E-state index contributed by atoms with van der Waals surface area (Å²) in [6.45, 7) is 5.36. The van der Waals surface area contributed by atoms with Gasteiger partial charge in [0.15, 0.2) is 0 Å². The minimum atomic E-state index is -4.08. The SMILES string of the molecule is CCC(C(=O)NC)N(Cc1cccc(C)c1)C(=O)CN(c1ccc(Br)cc1)S(=O)(=O)c1ccc(C)cc1. The molecule has 0 bridgehead atoms. The number of aryl methyl sites for hydroxylation is 2. The molecule has 1 unspecified atom stereocenters. The van der Waals surface area contributed by atoms with Crippen molar-refractivity contribution in [2.24, 2.45) is 0 Å². The van der Waals surface area contributed by atoms with Crippen LogP contribution in [0.4, 0.5) is 5.69 Å². The van der Waals surface area contributed by atoms with E-state index in [0.717, 1.165) is 25.5 Å². The van der Waals surface area contributed by atoms with Gasteiger partial charge in [-0.15, -0.1) is 0 Å². The van der Waals surface area contributed by atoms with Crippen LogP contribution in [-0.2, 0) is 26.2 Å². The number of anilines is 1. The standard InChI is InChI=1S/C28H32BrN3O4S/c1-5-26(28(34)30-4)31(18-22-8-6-7-21(3)17-22)27(33)19-32(24-13-11-23(29)12-14-24)37(35,36)25-15-9-20(2)10-16-25/h6-17,26H,5,18-19H2,1-4H3,(H,30,34). The molecule has 9 heteroatoms. The molecule has 0 heterocycles. The van der Waals surface area contributed by atoms with Crippen molar-refractivity contribution in [1.29, 1.82) is 0 Å². The van der Waals surface area contributed by atoms with Gasteiger partial charge in [-0.3, -0.25) is 13.9 Å². The Balaban J connectivity index is 2.05. The second-order valence-electron chi connectivity index (χ2n) is 8.85. The van der Waals surface area contributed by atoms with Crippen molar-refractivity contribution >= 4 is 43.5 Å². The van der Waals surface area contributed by atoms with E-state index < -0.39 is 28.5 Å². The van der Waals surface area contributed by atoms with Crippen molar-refractivity contribution in [1.82, 2.24) is 10.2 Å². The topological polar surface area (TPSA) is 86.8 Å². The molecule has 0 aliphatic carbocycles. The van der Waals surface area contributed by atoms with Crippen LogP contribution in [0.2, 0.25) is 0 Å². The number of nitrogens with zero attached hydrogens (tertiary/aromatic N) is 2. The molecule has 3 aromatic carbocycles. The summed E-state index contributed by atoms with van der Waals surface area (Å²) in [5, 5.41) is 2.63. The Morgan fingerprint density at radius 2 is 1.59 bits per heavy atom. The third-order valence-electron chi connectivity index (χ3n) is 6.07. The maximum atomic E-state index is 13.9. The molecular weight excluding hydrogens is 554 g/mol. The maximum Gasteiger partial charge on any atom is 0.264 e. The Kier molecular flexibility index (Phi) is 9.50. The van der Waals surface area contributed by atoms with Crippen molar-refractivity contribution in [3.63, 3.8) is 0 Å². The van der Waals surface area contributed by atoms with Crippen LogP contribution in [0.15, 0.2) is 82.2 Å². The predicted molar refractivity (Wildman–Crippen MR) is 150 cm³/mol. The summed E-state index contributed by atoms with van der Waals surface area (Å²) in [5.41, 5.74) is 3.15. The smallest absolute Gasteiger partial charge is 0.264 e. The van der Waals surface area contributed by atoms with E-state index in [-0.39, 0.29) is 17.3 Å². The van der Waals surface area contributed by atoms with Crippen molar-refractivity contribution in [3.05, 3.63) is 94.0 Å². The van der Waals surface area contributed by atoms with Crippen LogP contribution in [0.1, 0.15) is 30.0 Å². The second kappa shape index (κ2) is 12.4. The molecule has 0 saturated heterocycles. The molecule has 0 spiro atoms. The van der Waals surface area contributed by atoms with Crippen LogP contribution in [0.25, 0.3) is 0 Å². The highest BCUT2D eigenvalue weighted by molar-refractivity contribution is 9.10. The molecule has 0 radical (unpaired) electrons. The van der Waals surface area contributed by atoms with E-state index in [0.29, 0.717) is 12.1 Å². The number of sulfonamides is 1. The molecule has 196 valence electrons. The van der Waals surface area contributed by atoms with Crippen LogP contribution in [0.5, 0.6) is 0 Å². The van der Waals surface area contributed by atoms with Crippen molar-refractivity contribution in [3.8, 4) is 0 Å². The molecule has 3 rings (SSSR count). The lowest BCUT2D eigenvalue weighted by Crippen LogP contribution is -2.51. The zero-order valence-corrected chi connectivity index (χ0v) is 23.8. The molecule has 7 nitrogen and oxygen atoms in total. The van der Waals surface area contributed by atoms with Gasteiger partial charge in [-0.1, -0.05) is 70.4 Å². The number of hydrogen-bond donors (Lipinski definition) is 1. The van der Waals surface area contributed by atoms with Crippen molar-refractivity contribution < 1.29 is 18.0 Å². The summed E-state index contributed by atoms with van der Waals surface area (Å²) in [5.74, 6) is -0.782. The fraction of sp³-hybridized carbons (Fsp3) is 0.286. The van der Waals surface area contributed by atoms with E-state index in [2.05, 4.69) is 21.2 Å². The number of rotatable bonds is 10. The highest BCUT2D eigenvalue weighted by Crippen LogP contribution is 2.26. The number of carbonyl (C=O) groups is 2. The van der Waals surface area contributed by atoms with Gasteiger partial charge in [0.2, 0.25) is 11.8 Å². The lowest BCUT2D eigenvalue weighted by Gasteiger charge is -2.33. The lowest BCUT2D eigenvalue weighted by atomic mass is 10.1. The van der Waals surface area contributed by atoms with E-state index in [4.69, 9.17) is 0 Å². The van der Waals surface area contributed by atoms with E-state index in [1.807, 2.05) is 45.0 Å². The first-order chi connectivity index (χ1) is 17.6. The number of halogens is 1. The monoisotopic (exact) mass is 585 g/mol. The number of amides is 2. The molecule has 3 aromatic rings.